The van der Waals surface area contributed by atoms with Gasteiger partial charge < -0.3 is 10.2 Å². The zero-order valence-corrected chi connectivity index (χ0v) is 17.6. The van der Waals surface area contributed by atoms with Gasteiger partial charge >= 0.3 is 0 Å². The van der Waals surface area contributed by atoms with Crippen LogP contribution in [-0.4, -0.2) is 36.9 Å². The van der Waals surface area contributed by atoms with E-state index in [-0.39, 0.29) is 11.9 Å². The van der Waals surface area contributed by atoms with Gasteiger partial charge in [-0.1, -0.05) is 6.07 Å². The van der Waals surface area contributed by atoms with Crippen molar-refractivity contribution < 1.29 is 4.79 Å². The number of rotatable bonds is 4. The Kier molecular flexibility index (Phi) is 4.54. The molecule has 4 rings (SSSR count). The monoisotopic (exact) mass is 394 g/mol. The van der Waals surface area contributed by atoms with E-state index >= 15 is 0 Å². The summed E-state index contributed by atoms with van der Waals surface area (Å²) in [6, 6.07) is 13.1. The maximum absolute atomic E-state index is 12.3. The smallest absolute Gasteiger partial charge is 0.231 e. The van der Waals surface area contributed by atoms with Gasteiger partial charge in [0.05, 0.1) is 12.0 Å². The Bertz CT molecular complexity index is 1060. The number of benzene rings is 2. The number of hydrogen-bond donors (Lipinski definition) is 2. The quantitative estimate of drug-likeness (QED) is 0.685. The van der Waals surface area contributed by atoms with Gasteiger partial charge in [-0.05, 0) is 56.7 Å². The minimum absolute atomic E-state index is 0.0367. The molecule has 3 aromatic rings. The third kappa shape index (κ3) is 2.92. The van der Waals surface area contributed by atoms with E-state index in [1.165, 1.54) is 30.8 Å². The number of anilines is 1. The van der Waals surface area contributed by atoms with Crippen molar-refractivity contribution in [2.75, 3.05) is 25.0 Å². The minimum atomic E-state index is -0.570. The van der Waals surface area contributed by atoms with E-state index in [2.05, 4.69) is 60.5 Å². The van der Waals surface area contributed by atoms with Crippen molar-refractivity contribution in [1.29, 1.82) is 5.41 Å². The lowest BCUT2D eigenvalue weighted by molar-refractivity contribution is -0.129. The zero-order valence-electron chi connectivity index (χ0n) is 16.8. The van der Waals surface area contributed by atoms with Gasteiger partial charge in [-0.25, -0.2) is 0 Å². The van der Waals surface area contributed by atoms with Gasteiger partial charge in [0.1, 0.15) is 0 Å². The van der Waals surface area contributed by atoms with Crippen LogP contribution in [0.5, 0.6) is 0 Å². The summed E-state index contributed by atoms with van der Waals surface area (Å²) in [5, 5.41) is 13.8. The normalized spacial score (nSPS) is 20.1. The number of fused-ring (bicyclic) bond motifs is 3. The molecule has 0 bridgehead atoms. The van der Waals surface area contributed by atoms with Crippen molar-refractivity contribution in [2.45, 2.75) is 32.7 Å². The molecule has 1 atom stereocenters. The van der Waals surface area contributed by atoms with Gasteiger partial charge in [0, 0.05) is 46.0 Å². The molecule has 1 amide bonds. The molecule has 0 radical (unpaired) electrons. The highest BCUT2D eigenvalue weighted by Gasteiger charge is 2.38. The van der Waals surface area contributed by atoms with Crippen LogP contribution in [0.3, 0.4) is 0 Å². The molecule has 1 fully saturated rings. The van der Waals surface area contributed by atoms with Gasteiger partial charge in [-0.3, -0.25) is 15.1 Å². The van der Waals surface area contributed by atoms with Crippen molar-refractivity contribution in [3.05, 3.63) is 42.0 Å². The molecule has 28 heavy (non-hydrogen) atoms. The summed E-state index contributed by atoms with van der Waals surface area (Å²) in [5.41, 5.74) is 1.71. The SMILES string of the molecule is CCN(CC)c1ccc2sc3ccc([C@]4(C)CC(=O)N(C)C(=N)N4)cc3c2c1. The van der Waals surface area contributed by atoms with Crippen molar-refractivity contribution in [2.24, 2.45) is 0 Å². The van der Waals surface area contributed by atoms with E-state index in [0.29, 0.717) is 6.42 Å². The molecule has 1 saturated heterocycles. The van der Waals surface area contributed by atoms with Crippen LogP contribution < -0.4 is 10.2 Å². The molecule has 0 spiro atoms. The lowest BCUT2D eigenvalue weighted by Gasteiger charge is -2.39. The molecule has 0 aliphatic carbocycles. The maximum Gasteiger partial charge on any atom is 0.231 e. The van der Waals surface area contributed by atoms with Gasteiger partial charge in [0.25, 0.3) is 0 Å². The Morgan fingerprint density at radius 1 is 1.14 bits per heavy atom. The van der Waals surface area contributed by atoms with Gasteiger partial charge in [-0.2, -0.15) is 0 Å². The summed E-state index contributed by atoms with van der Waals surface area (Å²) in [7, 11) is 1.64. The first-order chi connectivity index (χ1) is 13.4. The largest absolute Gasteiger partial charge is 0.372 e. The summed E-state index contributed by atoms with van der Waals surface area (Å²) >= 11 is 1.80. The zero-order chi connectivity index (χ0) is 20.1. The van der Waals surface area contributed by atoms with Crippen molar-refractivity contribution >= 4 is 49.1 Å². The first-order valence-corrected chi connectivity index (χ1v) is 10.5. The molecule has 1 aromatic heterocycles. The highest BCUT2D eigenvalue weighted by atomic mass is 32.1. The fraction of sp³-hybridized carbons (Fsp3) is 0.364. The van der Waals surface area contributed by atoms with Crippen molar-refractivity contribution in [3.8, 4) is 0 Å². The number of nitrogens with zero attached hydrogens (tertiary/aromatic N) is 2. The Balaban J connectivity index is 1.83. The van der Waals surface area contributed by atoms with Crippen molar-refractivity contribution in [1.82, 2.24) is 10.2 Å². The van der Waals surface area contributed by atoms with Crippen molar-refractivity contribution in [3.63, 3.8) is 0 Å². The first-order valence-electron chi connectivity index (χ1n) is 9.71. The molecule has 0 saturated carbocycles. The predicted molar refractivity (Wildman–Crippen MR) is 118 cm³/mol. The van der Waals surface area contributed by atoms with Gasteiger partial charge in [0.15, 0.2) is 5.96 Å². The second-order valence-corrected chi connectivity index (χ2v) is 8.68. The number of guanidine groups is 1. The van der Waals surface area contributed by atoms with Crippen LogP contribution >= 0.6 is 11.3 Å². The van der Waals surface area contributed by atoms with Crippen LogP contribution in [0.1, 0.15) is 32.8 Å². The van der Waals surface area contributed by atoms with E-state index in [4.69, 9.17) is 5.41 Å². The Morgan fingerprint density at radius 2 is 1.79 bits per heavy atom. The Hall–Kier alpha value is -2.60. The minimum Gasteiger partial charge on any atom is -0.372 e. The summed E-state index contributed by atoms with van der Waals surface area (Å²) < 4.78 is 2.52. The predicted octanol–water partition coefficient (Wildman–Crippen LogP) is 4.50. The van der Waals surface area contributed by atoms with E-state index in [1.54, 1.807) is 18.4 Å². The van der Waals surface area contributed by atoms with E-state index in [1.807, 2.05) is 6.92 Å². The highest BCUT2D eigenvalue weighted by Crippen LogP contribution is 2.39. The van der Waals surface area contributed by atoms with Crippen LogP contribution in [-0.2, 0) is 10.3 Å². The molecule has 1 aliphatic heterocycles. The number of amides is 1. The van der Waals surface area contributed by atoms with Gasteiger partial charge in [-0.15, -0.1) is 11.3 Å². The highest BCUT2D eigenvalue weighted by molar-refractivity contribution is 7.25. The van der Waals surface area contributed by atoms with E-state index in [9.17, 15) is 4.79 Å². The number of thiophene rings is 1. The standard InChI is InChI=1S/C22H26N4OS/c1-5-26(6-2)15-8-10-19-17(12-15)16-11-14(7-9-18(16)28-19)22(3)13-20(27)25(4)21(23)24-22/h7-12H,5-6,13H2,1-4H3,(H2,23,24)/t22-/m0/s1. The molecule has 146 valence electrons. The molecule has 0 unspecified atom stereocenters. The number of nitrogens with one attached hydrogen (secondary N) is 2. The average Bonchev–Trinajstić information content (AvgIpc) is 3.04. The number of hydrogen-bond acceptors (Lipinski definition) is 4. The summed E-state index contributed by atoms with van der Waals surface area (Å²) in [4.78, 5) is 16.1. The summed E-state index contributed by atoms with van der Waals surface area (Å²) in [6.07, 6.45) is 0.337. The van der Waals surface area contributed by atoms with Crippen LogP contribution in [0, 0.1) is 5.41 Å². The van der Waals surface area contributed by atoms with Crippen LogP contribution in [0.15, 0.2) is 36.4 Å². The first kappa shape index (κ1) is 18.7. The number of carbonyl (C=O) groups is 1. The Labute approximate surface area is 169 Å². The molecule has 2 N–H and O–H groups in total. The number of carbonyl (C=O) groups excluding carboxylic acids is 1. The summed E-state index contributed by atoms with van der Waals surface area (Å²) in [6.45, 7) is 8.32. The van der Waals surface area contributed by atoms with E-state index < -0.39 is 5.54 Å². The second-order valence-electron chi connectivity index (χ2n) is 7.60. The second kappa shape index (κ2) is 6.78. The molecule has 5 nitrogen and oxygen atoms in total. The fourth-order valence-corrected chi connectivity index (χ4v) is 5.07. The lowest BCUT2D eigenvalue weighted by atomic mass is 9.86. The molecule has 1 aliphatic rings. The van der Waals surface area contributed by atoms with Crippen LogP contribution in [0.2, 0.25) is 0 Å². The average molecular weight is 395 g/mol. The van der Waals surface area contributed by atoms with Gasteiger partial charge in [0.2, 0.25) is 5.91 Å². The molecular formula is C22H26N4OS. The maximum atomic E-state index is 12.3. The molecular weight excluding hydrogens is 368 g/mol. The molecule has 2 heterocycles. The van der Waals surface area contributed by atoms with E-state index in [0.717, 1.165) is 18.7 Å². The topological polar surface area (TPSA) is 59.4 Å². The molecule has 2 aromatic carbocycles. The third-order valence-electron chi connectivity index (χ3n) is 5.83. The summed E-state index contributed by atoms with van der Waals surface area (Å²) in [5.74, 6) is 0.114. The lowest BCUT2D eigenvalue weighted by Crippen LogP contribution is -2.58. The fourth-order valence-electron chi connectivity index (χ4n) is 4.00. The Morgan fingerprint density at radius 3 is 2.43 bits per heavy atom. The molecule has 6 heteroatoms. The van der Waals surface area contributed by atoms with Crippen LogP contribution in [0.4, 0.5) is 5.69 Å². The van der Waals surface area contributed by atoms with Crippen LogP contribution in [0.25, 0.3) is 20.2 Å². The third-order valence-corrected chi connectivity index (χ3v) is 6.98.